The fraction of sp³-hybridized carbons (Fsp3) is 0.571. The van der Waals surface area contributed by atoms with E-state index >= 15 is 0 Å². The van der Waals surface area contributed by atoms with E-state index < -0.39 is 74.8 Å². The Kier molecular flexibility index (Phi) is 7.04. The van der Waals surface area contributed by atoms with Gasteiger partial charge in [0.25, 0.3) is 0 Å². The van der Waals surface area contributed by atoms with E-state index in [4.69, 9.17) is 29.4 Å². The number of carbonyl (C=O) groups is 2. The number of carbonyl (C=O) groups excluding carboxylic acids is 2. The SMILES string of the molecule is [2H]C1([2H])NN([C@@H]2O[C@H](C([2H])([2H])O[P@@](=O)(N[C@@H](C)C(=O)OC(C)C)Oc3ccccc3)[C@@H](O)[C@@]2(C)O)C(=O)NC1=N. The van der Waals surface area contributed by atoms with E-state index in [0.717, 1.165) is 6.92 Å². The molecule has 2 saturated heterocycles. The number of aliphatic hydroxyl groups excluding tert-OH is 1. The Balaban J connectivity index is 1.90. The molecule has 200 valence electrons. The van der Waals surface area contributed by atoms with E-state index in [1.165, 1.54) is 31.2 Å². The average molecular weight is 534 g/mol. The molecular formula is C21H32N5O9P. The molecule has 0 saturated carbocycles. The summed E-state index contributed by atoms with van der Waals surface area (Å²) in [7, 11) is -4.83. The van der Waals surface area contributed by atoms with Crippen LogP contribution in [-0.2, 0) is 23.4 Å². The zero-order chi connectivity index (χ0) is 30.3. The lowest BCUT2D eigenvalue weighted by atomic mass is 9.96. The van der Waals surface area contributed by atoms with Crippen molar-refractivity contribution in [1.29, 1.82) is 5.41 Å². The van der Waals surface area contributed by atoms with E-state index in [-0.39, 0.29) is 5.75 Å². The first-order chi connectivity index (χ1) is 18.3. The molecule has 1 aromatic carbocycles. The Morgan fingerprint density at radius 3 is 2.75 bits per heavy atom. The number of nitrogens with one attached hydrogen (secondary N) is 4. The number of urea groups is 1. The number of aliphatic hydroxyl groups is 2. The maximum absolute atomic E-state index is 13.8. The van der Waals surface area contributed by atoms with E-state index in [0.29, 0.717) is 5.01 Å². The van der Waals surface area contributed by atoms with Crippen LogP contribution in [0.4, 0.5) is 4.79 Å². The number of amides is 2. The van der Waals surface area contributed by atoms with Crippen molar-refractivity contribution in [2.24, 2.45) is 0 Å². The Labute approximate surface area is 213 Å². The van der Waals surface area contributed by atoms with Gasteiger partial charge >= 0.3 is 19.7 Å². The standard InChI is InChI=1S/C21H32N5O9P/c1-12(2)33-18(28)13(3)25-36(31,35-14-8-6-5-7-9-14)32-11-15-17(27)21(4,30)19(34-15)26-20(29)24-16(22)10-23-26/h5-9,12-13,15,17,19,23,27,30H,10-11H2,1-4H3,(H,25,31)(H2,22,24,29)/t13-,15+,17+,19+,21+,36-/m0/s1/i10D2,11D2. The molecule has 0 aliphatic carbocycles. The fourth-order valence-corrected chi connectivity index (χ4v) is 4.55. The predicted octanol–water partition coefficient (Wildman–Crippen LogP) is 0.464. The minimum atomic E-state index is -4.83. The summed E-state index contributed by atoms with van der Waals surface area (Å²) in [5.74, 6) is -1.72. The van der Waals surface area contributed by atoms with Gasteiger partial charge in [-0.05, 0) is 39.8 Å². The highest BCUT2D eigenvalue weighted by atomic mass is 31.2. The van der Waals surface area contributed by atoms with Crippen molar-refractivity contribution in [3.63, 3.8) is 0 Å². The summed E-state index contributed by atoms with van der Waals surface area (Å²) in [4.78, 5) is 24.8. The minimum Gasteiger partial charge on any atom is -0.462 e. The van der Waals surface area contributed by atoms with Gasteiger partial charge in [0.1, 0.15) is 35.4 Å². The molecule has 3 rings (SSSR count). The molecule has 2 fully saturated rings. The lowest BCUT2D eigenvalue weighted by molar-refractivity contribution is -0.149. The Morgan fingerprint density at radius 1 is 1.44 bits per heavy atom. The smallest absolute Gasteiger partial charge is 0.459 e. The van der Waals surface area contributed by atoms with E-state index in [1.807, 2.05) is 10.7 Å². The molecule has 15 heteroatoms. The summed E-state index contributed by atoms with van der Waals surface area (Å²) in [5, 5.41) is 34.0. The number of amidine groups is 1. The van der Waals surface area contributed by atoms with Crippen LogP contribution in [0, 0.1) is 5.41 Å². The number of rotatable bonds is 10. The topological polar surface area (TPSA) is 192 Å². The van der Waals surface area contributed by atoms with E-state index in [2.05, 4.69) is 5.09 Å². The first-order valence-corrected chi connectivity index (χ1v) is 12.4. The molecule has 6 atom stereocenters. The maximum atomic E-state index is 13.8. The summed E-state index contributed by atoms with van der Waals surface area (Å²) in [6.07, 6.45) is -6.71. The summed E-state index contributed by atoms with van der Waals surface area (Å²) in [6, 6.07) is 5.01. The number of hydrogen-bond acceptors (Lipinski definition) is 11. The molecule has 1 aromatic rings. The van der Waals surface area contributed by atoms with Crippen LogP contribution >= 0.6 is 7.75 Å². The summed E-state index contributed by atoms with van der Waals surface area (Å²) >= 11 is 0. The molecule has 0 radical (unpaired) electrons. The molecule has 0 aromatic heterocycles. The van der Waals surface area contributed by atoms with Gasteiger partial charge in [-0.3, -0.25) is 20.0 Å². The Hall–Kier alpha value is -2.58. The van der Waals surface area contributed by atoms with E-state index in [1.54, 1.807) is 19.9 Å². The zero-order valence-corrected chi connectivity index (χ0v) is 20.8. The number of para-hydroxylation sites is 1. The molecule has 0 unspecified atom stereocenters. The first-order valence-electron chi connectivity index (χ1n) is 12.9. The van der Waals surface area contributed by atoms with Gasteiger partial charge in [-0.2, -0.15) is 5.09 Å². The Morgan fingerprint density at radius 2 is 2.11 bits per heavy atom. The number of nitrogens with zero attached hydrogens (tertiary/aromatic N) is 1. The molecule has 2 amide bonds. The first kappa shape index (κ1) is 22.6. The van der Waals surface area contributed by atoms with Crippen LogP contribution in [0.1, 0.15) is 33.2 Å². The second kappa shape index (κ2) is 11.2. The van der Waals surface area contributed by atoms with Crippen molar-refractivity contribution in [2.45, 2.75) is 63.9 Å². The third kappa shape index (κ3) is 6.59. The highest BCUT2D eigenvalue weighted by Gasteiger charge is 2.56. The minimum absolute atomic E-state index is 0.0322. The largest absolute Gasteiger partial charge is 0.462 e. The number of hydrogen-bond donors (Lipinski definition) is 6. The van der Waals surface area contributed by atoms with Gasteiger partial charge in [-0.1, -0.05) is 18.2 Å². The molecule has 2 heterocycles. The zero-order valence-electron chi connectivity index (χ0n) is 23.9. The molecule has 36 heavy (non-hydrogen) atoms. The molecular weight excluding hydrogens is 497 g/mol. The quantitative estimate of drug-likeness (QED) is 0.181. The highest BCUT2D eigenvalue weighted by Crippen LogP contribution is 2.46. The van der Waals surface area contributed by atoms with Gasteiger partial charge in [0.05, 0.1) is 24.6 Å². The van der Waals surface area contributed by atoms with Crippen molar-refractivity contribution in [3.05, 3.63) is 30.3 Å². The molecule has 6 N–H and O–H groups in total. The second-order valence-corrected chi connectivity index (χ2v) is 10.1. The number of ether oxygens (including phenoxy) is 2. The maximum Gasteiger partial charge on any atom is 0.459 e. The van der Waals surface area contributed by atoms with Crippen molar-refractivity contribution in [1.82, 2.24) is 20.8 Å². The van der Waals surface area contributed by atoms with Gasteiger partial charge in [0, 0.05) is 0 Å². The lowest BCUT2D eigenvalue weighted by Gasteiger charge is -2.37. The molecule has 14 nitrogen and oxygen atoms in total. The van der Waals surface area contributed by atoms with Crippen LogP contribution in [0.3, 0.4) is 0 Å². The van der Waals surface area contributed by atoms with Gasteiger partial charge in [0.2, 0.25) is 0 Å². The monoisotopic (exact) mass is 533 g/mol. The average Bonchev–Trinajstić information content (AvgIpc) is 3.05. The van der Waals surface area contributed by atoms with Crippen LogP contribution in [0.25, 0.3) is 0 Å². The summed E-state index contributed by atoms with van der Waals surface area (Å²) < 4.78 is 67.6. The van der Waals surface area contributed by atoms with Crippen LogP contribution in [0.2, 0.25) is 0 Å². The predicted molar refractivity (Wildman–Crippen MR) is 126 cm³/mol. The molecule has 0 spiro atoms. The van der Waals surface area contributed by atoms with E-state index in [9.17, 15) is 24.4 Å². The summed E-state index contributed by atoms with van der Waals surface area (Å²) in [5.41, 5.74) is -0.392. The van der Waals surface area contributed by atoms with Crippen LogP contribution in [0.15, 0.2) is 30.3 Å². The highest BCUT2D eigenvalue weighted by molar-refractivity contribution is 7.52. The van der Waals surface area contributed by atoms with Crippen LogP contribution in [-0.4, -0.2) is 82.3 Å². The third-order valence-corrected chi connectivity index (χ3v) is 6.46. The van der Waals surface area contributed by atoms with Gasteiger partial charge in [-0.15, -0.1) is 0 Å². The number of hydrazine groups is 1. The van der Waals surface area contributed by atoms with Crippen LogP contribution in [0.5, 0.6) is 5.75 Å². The van der Waals surface area contributed by atoms with Crippen LogP contribution < -0.4 is 20.4 Å². The Bertz CT molecular complexity index is 1180. The second-order valence-electron chi connectivity index (χ2n) is 8.44. The van der Waals surface area contributed by atoms with Crippen molar-refractivity contribution < 1.29 is 48.4 Å². The van der Waals surface area contributed by atoms with Crippen molar-refractivity contribution >= 4 is 25.6 Å². The number of esters is 1. The van der Waals surface area contributed by atoms with Gasteiger partial charge in [-0.25, -0.2) is 19.8 Å². The van der Waals surface area contributed by atoms with Crippen molar-refractivity contribution in [2.75, 3.05) is 13.1 Å². The van der Waals surface area contributed by atoms with Gasteiger partial charge < -0.3 is 24.2 Å². The third-order valence-electron chi connectivity index (χ3n) is 4.96. The van der Waals surface area contributed by atoms with Gasteiger partial charge in [0.15, 0.2) is 6.23 Å². The molecule has 2 aliphatic heterocycles. The lowest BCUT2D eigenvalue weighted by Crippen LogP contribution is -2.66. The molecule has 2 aliphatic rings. The van der Waals surface area contributed by atoms with Crippen molar-refractivity contribution in [3.8, 4) is 5.75 Å². The normalized spacial score (nSPS) is 32.4. The summed E-state index contributed by atoms with van der Waals surface area (Å²) in [6.45, 7) is -0.395. The molecule has 0 bridgehead atoms. The number of benzene rings is 1. The fourth-order valence-electron chi connectivity index (χ4n) is 3.19.